The molecule has 0 N–H and O–H groups in total. The largest absolute Gasteiger partial charge is 0.491 e. The van der Waals surface area contributed by atoms with Crippen LogP contribution in [0.15, 0.2) is 18.7 Å². The van der Waals surface area contributed by atoms with Gasteiger partial charge in [-0.3, -0.25) is 0 Å². The topological polar surface area (TPSA) is 22.1 Å². The summed E-state index contributed by atoms with van der Waals surface area (Å²) in [4.78, 5) is 4.37. The number of hydrogen-bond acceptors (Lipinski definition) is 2. The Bertz CT molecular complexity index is 331. The summed E-state index contributed by atoms with van der Waals surface area (Å²) in [5, 5.41) is 0. The van der Waals surface area contributed by atoms with Gasteiger partial charge in [0.05, 0.1) is 6.61 Å². The Morgan fingerprint density at radius 3 is 3.17 bits per heavy atom. The Kier molecular flexibility index (Phi) is 1.61. The van der Waals surface area contributed by atoms with Crippen molar-refractivity contribution in [2.45, 2.75) is 13.3 Å². The Balaban J connectivity index is 2.54. The fourth-order valence-electron chi connectivity index (χ4n) is 1.32. The van der Waals surface area contributed by atoms with E-state index in [0.717, 1.165) is 35.7 Å². The van der Waals surface area contributed by atoms with E-state index < -0.39 is 0 Å². The Morgan fingerprint density at radius 1 is 1.50 bits per heavy atom. The molecule has 2 heterocycles. The molecule has 62 valence electrons. The number of aryl methyl sites for hydroxylation is 1. The van der Waals surface area contributed by atoms with Crippen molar-refractivity contribution in [3.63, 3.8) is 0 Å². The third-order valence-electron chi connectivity index (χ3n) is 1.99. The molecule has 12 heavy (non-hydrogen) atoms. The summed E-state index contributed by atoms with van der Waals surface area (Å²) in [6, 6.07) is 3.92. The predicted octanol–water partition coefficient (Wildman–Crippen LogP) is 2.19. The molecule has 0 radical (unpaired) electrons. The van der Waals surface area contributed by atoms with Crippen molar-refractivity contribution in [2.75, 3.05) is 6.61 Å². The van der Waals surface area contributed by atoms with E-state index in [0.29, 0.717) is 0 Å². The molecule has 1 aromatic rings. The van der Waals surface area contributed by atoms with Gasteiger partial charge in [-0.05, 0) is 24.6 Å². The van der Waals surface area contributed by atoms with Gasteiger partial charge in [0.1, 0.15) is 11.4 Å². The number of rotatable bonds is 0. The molecule has 2 rings (SSSR count). The maximum absolute atomic E-state index is 5.43. The average molecular weight is 161 g/mol. The fraction of sp³-hybridized carbons (Fsp3) is 0.300. The number of fused-ring (bicyclic) bond motifs is 1. The Hall–Kier alpha value is -1.31. The van der Waals surface area contributed by atoms with Crippen molar-refractivity contribution in [3.05, 3.63) is 30.1 Å². The highest BCUT2D eigenvalue weighted by molar-refractivity contribution is 5.67. The van der Waals surface area contributed by atoms with Crippen LogP contribution in [0.5, 0.6) is 5.75 Å². The molecule has 0 bridgehead atoms. The molecule has 0 aliphatic carbocycles. The van der Waals surface area contributed by atoms with Crippen molar-refractivity contribution in [3.8, 4) is 5.75 Å². The minimum atomic E-state index is 0.733. The van der Waals surface area contributed by atoms with Crippen LogP contribution < -0.4 is 4.74 Å². The second-order valence-corrected chi connectivity index (χ2v) is 3.00. The number of pyridine rings is 1. The molecule has 0 unspecified atom stereocenters. The van der Waals surface area contributed by atoms with E-state index in [1.54, 1.807) is 0 Å². The third kappa shape index (κ3) is 1.09. The molecule has 0 saturated carbocycles. The van der Waals surface area contributed by atoms with E-state index in [4.69, 9.17) is 4.74 Å². The van der Waals surface area contributed by atoms with E-state index in [-0.39, 0.29) is 0 Å². The molecule has 0 atom stereocenters. The molecular weight excluding hydrogens is 150 g/mol. The fourth-order valence-corrected chi connectivity index (χ4v) is 1.32. The molecule has 0 aromatic carbocycles. The van der Waals surface area contributed by atoms with Crippen LogP contribution >= 0.6 is 0 Å². The van der Waals surface area contributed by atoms with Crippen LogP contribution in [0.1, 0.15) is 17.8 Å². The van der Waals surface area contributed by atoms with Gasteiger partial charge in [0.25, 0.3) is 0 Å². The van der Waals surface area contributed by atoms with Gasteiger partial charge in [-0.25, -0.2) is 4.98 Å². The number of nitrogens with zero attached hydrogens (tertiary/aromatic N) is 1. The van der Waals surface area contributed by atoms with Crippen molar-refractivity contribution < 1.29 is 4.74 Å². The highest BCUT2D eigenvalue weighted by atomic mass is 16.5. The monoisotopic (exact) mass is 161 g/mol. The maximum Gasteiger partial charge on any atom is 0.145 e. The zero-order valence-electron chi connectivity index (χ0n) is 7.13. The van der Waals surface area contributed by atoms with Crippen LogP contribution in [0.3, 0.4) is 0 Å². The van der Waals surface area contributed by atoms with Crippen molar-refractivity contribution in [1.29, 1.82) is 0 Å². The number of hydrogen-bond donors (Lipinski definition) is 0. The second kappa shape index (κ2) is 2.63. The Morgan fingerprint density at radius 2 is 2.33 bits per heavy atom. The molecule has 1 aliphatic heterocycles. The lowest BCUT2D eigenvalue weighted by molar-refractivity contribution is 0.314. The average Bonchev–Trinajstić information content (AvgIpc) is 2.07. The molecule has 0 amide bonds. The normalized spacial score (nSPS) is 15.2. The maximum atomic E-state index is 5.43. The van der Waals surface area contributed by atoms with E-state index in [1.807, 2.05) is 19.1 Å². The molecule has 1 aromatic heterocycles. The van der Waals surface area contributed by atoms with Crippen LogP contribution in [-0.4, -0.2) is 11.6 Å². The number of aromatic nitrogens is 1. The van der Waals surface area contributed by atoms with E-state index in [9.17, 15) is 0 Å². The van der Waals surface area contributed by atoms with Crippen LogP contribution in [0.4, 0.5) is 0 Å². The van der Waals surface area contributed by atoms with Gasteiger partial charge in [-0.2, -0.15) is 0 Å². The first-order valence-corrected chi connectivity index (χ1v) is 4.06. The predicted molar refractivity (Wildman–Crippen MR) is 48.1 cm³/mol. The first kappa shape index (κ1) is 7.35. The highest BCUT2D eigenvalue weighted by Crippen LogP contribution is 2.29. The zero-order chi connectivity index (χ0) is 8.55. The quantitative estimate of drug-likeness (QED) is 0.581. The van der Waals surface area contributed by atoms with Crippen LogP contribution in [-0.2, 0) is 0 Å². The summed E-state index contributed by atoms with van der Waals surface area (Å²) in [5.74, 6) is 0.872. The lowest BCUT2D eigenvalue weighted by Gasteiger charge is -2.18. The molecule has 0 fully saturated rings. The molecule has 0 spiro atoms. The summed E-state index contributed by atoms with van der Waals surface area (Å²) < 4.78 is 5.43. The van der Waals surface area contributed by atoms with E-state index >= 15 is 0 Å². The van der Waals surface area contributed by atoms with Gasteiger partial charge in [0.2, 0.25) is 0 Å². The molecule has 2 nitrogen and oxygen atoms in total. The summed E-state index contributed by atoms with van der Waals surface area (Å²) in [7, 11) is 0. The van der Waals surface area contributed by atoms with Crippen LogP contribution in [0, 0.1) is 6.92 Å². The van der Waals surface area contributed by atoms with Crippen molar-refractivity contribution >= 4 is 5.57 Å². The lowest BCUT2D eigenvalue weighted by atomic mass is 10.1. The minimum Gasteiger partial charge on any atom is -0.491 e. The lowest BCUT2D eigenvalue weighted by Crippen LogP contribution is -2.08. The second-order valence-electron chi connectivity index (χ2n) is 3.00. The van der Waals surface area contributed by atoms with Gasteiger partial charge in [-0.1, -0.05) is 6.58 Å². The molecular formula is C10H11NO. The summed E-state index contributed by atoms with van der Waals surface area (Å²) >= 11 is 0. The zero-order valence-corrected chi connectivity index (χ0v) is 7.13. The van der Waals surface area contributed by atoms with Crippen LogP contribution in [0.25, 0.3) is 5.57 Å². The number of ether oxygens (including phenoxy) is 1. The summed E-state index contributed by atoms with van der Waals surface area (Å²) in [6.45, 7) is 6.66. The van der Waals surface area contributed by atoms with Crippen LogP contribution in [0.2, 0.25) is 0 Å². The van der Waals surface area contributed by atoms with Crippen molar-refractivity contribution in [1.82, 2.24) is 4.98 Å². The first-order chi connectivity index (χ1) is 5.77. The van der Waals surface area contributed by atoms with E-state index in [2.05, 4.69) is 11.6 Å². The Labute approximate surface area is 71.9 Å². The van der Waals surface area contributed by atoms with Gasteiger partial charge in [0.15, 0.2) is 0 Å². The van der Waals surface area contributed by atoms with Crippen molar-refractivity contribution in [2.24, 2.45) is 0 Å². The molecule has 0 saturated heterocycles. The van der Waals surface area contributed by atoms with Gasteiger partial charge < -0.3 is 4.74 Å². The van der Waals surface area contributed by atoms with Gasteiger partial charge >= 0.3 is 0 Å². The SMILES string of the molecule is C=C1CCOc2ccc(C)nc21. The minimum absolute atomic E-state index is 0.733. The summed E-state index contributed by atoms with van der Waals surface area (Å²) in [5.41, 5.74) is 3.03. The smallest absolute Gasteiger partial charge is 0.145 e. The highest BCUT2D eigenvalue weighted by Gasteiger charge is 2.14. The van der Waals surface area contributed by atoms with Gasteiger partial charge in [0, 0.05) is 12.1 Å². The molecule has 1 aliphatic rings. The standard InChI is InChI=1S/C10H11NO/c1-7-5-6-12-9-4-3-8(2)11-10(7)9/h3-4H,1,5-6H2,2H3. The summed E-state index contributed by atoms with van der Waals surface area (Å²) in [6.07, 6.45) is 0.892. The van der Waals surface area contributed by atoms with E-state index in [1.165, 1.54) is 0 Å². The molecule has 2 heteroatoms. The first-order valence-electron chi connectivity index (χ1n) is 4.06. The third-order valence-corrected chi connectivity index (χ3v) is 1.99. The van der Waals surface area contributed by atoms with Gasteiger partial charge in [-0.15, -0.1) is 0 Å².